The van der Waals surface area contributed by atoms with Crippen molar-refractivity contribution in [2.75, 3.05) is 47.5 Å². The molecule has 0 rings (SSSR count). The normalized spacial score (nSPS) is 14.0. The Hall–Kier alpha value is -2.03. The predicted octanol–water partition coefficient (Wildman–Crippen LogP) is 12.8. The fourth-order valence-electron chi connectivity index (χ4n) is 6.19. The number of carbonyl (C=O) groups is 2. The Balaban J connectivity index is 4.32. The Labute approximate surface area is 356 Å². The van der Waals surface area contributed by atoms with Gasteiger partial charge in [0.25, 0.3) is 7.82 Å². The molecule has 10 heteroatoms. The first-order chi connectivity index (χ1) is 28.0. The molecule has 0 heterocycles. The summed E-state index contributed by atoms with van der Waals surface area (Å²) >= 11 is 0. The molecule has 0 aliphatic carbocycles. The molecule has 0 radical (unpaired) electrons. The first-order valence-electron chi connectivity index (χ1n) is 23.3. The molecule has 0 aromatic carbocycles. The van der Waals surface area contributed by atoms with Crippen molar-refractivity contribution in [2.24, 2.45) is 0 Å². The van der Waals surface area contributed by atoms with Gasteiger partial charge in [-0.25, -0.2) is 0 Å². The summed E-state index contributed by atoms with van der Waals surface area (Å²) in [5, 5.41) is 0. The Morgan fingerprint density at radius 3 is 1.48 bits per heavy atom. The lowest BCUT2D eigenvalue weighted by Gasteiger charge is -2.28. The molecule has 0 N–H and O–H groups in total. The van der Waals surface area contributed by atoms with Crippen molar-refractivity contribution < 1.29 is 42.1 Å². The van der Waals surface area contributed by atoms with Crippen LogP contribution in [0.4, 0.5) is 0 Å². The second kappa shape index (κ2) is 40.4. The van der Waals surface area contributed by atoms with E-state index in [9.17, 15) is 19.0 Å². The van der Waals surface area contributed by atoms with Gasteiger partial charge in [-0.05, 0) is 70.6 Å². The molecule has 0 spiro atoms. The first-order valence-corrected chi connectivity index (χ1v) is 24.8. The summed E-state index contributed by atoms with van der Waals surface area (Å²) in [4.78, 5) is 37.6. The van der Waals surface area contributed by atoms with E-state index in [-0.39, 0.29) is 26.1 Å². The summed E-state index contributed by atoms with van der Waals surface area (Å²) < 4.78 is 33.9. The third-order valence-electron chi connectivity index (χ3n) is 9.83. The fourth-order valence-corrected chi connectivity index (χ4v) is 6.92. The Morgan fingerprint density at radius 2 is 0.983 bits per heavy atom. The lowest BCUT2D eigenvalue weighted by atomic mass is 10.1. The monoisotopic (exact) mass is 838 g/mol. The summed E-state index contributed by atoms with van der Waals surface area (Å²) in [7, 11) is 1.15. The van der Waals surface area contributed by atoms with E-state index >= 15 is 0 Å². The molecule has 0 aliphatic heterocycles. The average Bonchev–Trinajstić information content (AvgIpc) is 3.17. The highest BCUT2D eigenvalue weighted by atomic mass is 31.2. The van der Waals surface area contributed by atoms with E-state index in [2.05, 4.69) is 62.5 Å². The van der Waals surface area contributed by atoms with Crippen molar-refractivity contribution in [1.82, 2.24) is 0 Å². The van der Waals surface area contributed by atoms with Crippen LogP contribution in [-0.2, 0) is 32.7 Å². The number of likely N-dealkylation sites (N-methyl/N-ethyl adjacent to an activating group) is 1. The zero-order valence-corrected chi connectivity index (χ0v) is 38.9. The Bertz CT molecular complexity index is 1130. The van der Waals surface area contributed by atoms with Crippen LogP contribution in [0, 0.1) is 0 Å². The van der Waals surface area contributed by atoms with Gasteiger partial charge in [-0.3, -0.25) is 14.2 Å². The third-order valence-corrected chi connectivity index (χ3v) is 10.8. The maximum atomic E-state index is 12.7. The summed E-state index contributed by atoms with van der Waals surface area (Å²) in [6.45, 7) is 4.09. The summed E-state index contributed by atoms with van der Waals surface area (Å²) in [6.07, 6.45) is 47.1. The standard InChI is InChI=1S/C48H88NO8P/c1-6-8-10-12-14-16-18-20-22-23-24-25-27-28-30-32-34-36-38-40-47(50)54-44-46(45-56-58(52,53)55-43-42-49(3,4)5)57-48(51)41-39-37-35-33-31-29-26-21-19-17-15-13-11-9-7-2/h9,11,15,17,20-22,26,46H,6-8,10,12-14,16,18-19,23-25,27-45H2,1-5H3/b11-9-,17-15-,22-20-,26-21-. The largest absolute Gasteiger partial charge is 0.756 e. The zero-order chi connectivity index (χ0) is 42.8. The highest BCUT2D eigenvalue weighted by molar-refractivity contribution is 7.45. The molecule has 0 saturated carbocycles. The Morgan fingerprint density at radius 1 is 0.552 bits per heavy atom. The van der Waals surface area contributed by atoms with Gasteiger partial charge in [-0.1, -0.05) is 159 Å². The maximum absolute atomic E-state index is 12.7. The van der Waals surface area contributed by atoms with Crippen LogP contribution in [-0.4, -0.2) is 70.0 Å². The van der Waals surface area contributed by atoms with Crippen molar-refractivity contribution in [3.63, 3.8) is 0 Å². The minimum absolute atomic E-state index is 0.0359. The van der Waals surface area contributed by atoms with Crippen molar-refractivity contribution in [3.05, 3.63) is 48.6 Å². The van der Waals surface area contributed by atoms with Crippen LogP contribution in [0.3, 0.4) is 0 Å². The van der Waals surface area contributed by atoms with Crippen molar-refractivity contribution >= 4 is 19.8 Å². The second-order valence-electron chi connectivity index (χ2n) is 16.7. The molecule has 0 aromatic heterocycles. The summed E-state index contributed by atoms with van der Waals surface area (Å²) in [5.74, 6) is -0.856. The number of ether oxygens (including phenoxy) is 2. The van der Waals surface area contributed by atoms with Gasteiger partial charge >= 0.3 is 11.9 Å². The van der Waals surface area contributed by atoms with Crippen molar-refractivity contribution in [1.29, 1.82) is 0 Å². The molecule has 0 aromatic rings. The SMILES string of the molecule is CC/C=C\C/C=C\C/C=C\CCCCCCCC(=O)OC(COC(=O)CCCCCCCCCCC/C=C\CCCCCCCC)COP(=O)([O-])OCC[N+](C)(C)C. The van der Waals surface area contributed by atoms with Crippen LogP contribution in [0.1, 0.15) is 194 Å². The van der Waals surface area contributed by atoms with Crippen molar-refractivity contribution in [2.45, 2.75) is 200 Å². The van der Waals surface area contributed by atoms with E-state index in [0.717, 1.165) is 70.6 Å². The predicted molar refractivity (Wildman–Crippen MR) is 240 cm³/mol. The number of carbonyl (C=O) groups excluding carboxylic acids is 2. The molecule has 0 aliphatic rings. The molecular weight excluding hydrogens is 750 g/mol. The molecule has 0 amide bonds. The van der Waals surface area contributed by atoms with Crippen LogP contribution >= 0.6 is 7.82 Å². The number of unbranched alkanes of at least 4 members (excludes halogenated alkanes) is 20. The highest BCUT2D eigenvalue weighted by Crippen LogP contribution is 2.38. The smallest absolute Gasteiger partial charge is 0.306 e. The van der Waals surface area contributed by atoms with E-state index in [4.69, 9.17) is 18.5 Å². The number of quaternary nitrogens is 1. The lowest BCUT2D eigenvalue weighted by molar-refractivity contribution is -0.870. The van der Waals surface area contributed by atoms with Gasteiger partial charge in [0.15, 0.2) is 6.10 Å². The van der Waals surface area contributed by atoms with Gasteiger partial charge in [0.05, 0.1) is 27.7 Å². The van der Waals surface area contributed by atoms with Gasteiger partial charge in [0.2, 0.25) is 0 Å². The average molecular weight is 838 g/mol. The topological polar surface area (TPSA) is 111 Å². The van der Waals surface area contributed by atoms with Crippen molar-refractivity contribution in [3.8, 4) is 0 Å². The minimum Gasteiger partial charge on any atom is -0.756 e. The number of hydrogen-bond acceptors (Lipinski definition) is 8. The molecule has 9 nitrogen and oxygen atoms in total. The number of rotatable bonds is 42. The molecule has 0 bridgehead atoms. The van der Waals surface area contributed by atoms with E-state index in [0.29, 0.717) is 17.4 Å². The van der Waals surface area contributed by atoms with Gasteiger partial charge in [-0.15, -0.1) is 0 Å². The highest BCUT2D eigenvalue weighted by Gasteiger charge is 2.21. The molecular formula is C48H88NO8P. The maximum Gasteiger partial charge on any atom is 0.306 e. The third kappa shape index (κ3) is 43.5. The van der Waals surface area contributed by atoms with E-state index in [1.807, 2.05) is 21.1 Å². The lowest BCUT2D eigenvalue weighted by Crippen LogP contribution is -2.37. The van der Waals surface area contributed by atoms with E-state index in [1.54, 1.807) is 0 Å². The quantitative estimate of drug-likeness (QED) is 0.0196. The molecule has 338 valence electrons. The Kier molecular flexibility index (Phi) is 39.0. The first kappa shape index (κ1) is 56.0. The van der Waals surface area contributed by atoms with E-state index in [1.165, 1.54) is 89.9 Å². The van der Waals surface area contributed by atoms with Gasteiger partial charge < -0.3 is 27.9 Å². The van der Waals surface area contributed by atoms with Crippen LogP contribution in [0.5, 0.6) is 0 Å². The minimum atomic E-state index is -4.63. The fraction of sp³-hybridized carbons (Fsp3) is 0.792. The zero-order valence-electron chi connectivity index (χ0n) is 38.0. The van der Waals surface area contributed by atoms with Gasteiger partial charge in [0.1, 0.15) is 19.8 Å². The number of hydrogen-bond donors (Lipinski definition) is 0. The van der Waals surface area contributed by atoms with Crippen LogP contribution in [0.25, 0.3) is 0 Å². The molecule has 2 atom stereocenters. The van der Waals surface area contributed by atoms with Gasteiger partial charge in [0, 0.05) is 12.8 Å². The molecule has 0 fully saturated rings. The number of nitrogens with zero attached hydrogens (tertiary/aromatic N) is 1. The summed E-state index contributed by atoms with van der Waals surface area (Å²) in [5.41, 5.74) is 0. The molecule has 58 heavy (non-hydrogen) atoms. The second-order valence-corrected chi connectivity index (χ2v) is 18.1. The molecule has 0 saturated heterocycles. The van der Waals surface area contributed by atoms with E-state index < -0.39 is 32.5 Å². The van der Waals surface area contributed by atoms with Crippen LogP contribution < -0.4 is 4.89 Å². The summed E-state index contributed by atoms with van der Waals surface area (Å²) in [6, 6.07) is 0. The van der Waals surface area contributed by atoms with Crippen LogP contribution in [0.2, 0.25) is 0 Å². The number of phosphoric ester groups is 1. The number of esters is 2. The number of allylic oxidation sites excluding steroid dienone is 8. The van der Waals surface area contributed by atoms with Gasteiger partial charge in [-0.2, -0.15) is 0 Å². The molecule has 2 unspecified atom stereocenters. The number of phosphoric acid groups is 1. The van der Waals surface area contributed by atoms with Crippen LogP contribution in [0.15, 0.2) is 48.6 Å².